The van der Waals surface area contributed by atoms with Crippen LogP contribution in [0.5, 0.6) is 11.5 Å². The molecule has 4 atom stereocenters. The monoisotopic (exact) mass is 547 g/mol. The summed E-state index contributed by atoms with van der Waals surface area (Å²) >= 11 is 0. The summed E-state index contributed by atoms with van der Waals surface area (Å²) in [6.45, 7) is 6.07. The fraction of sp³-hybridized carbons (Fsp3) is 0.567. The Kier molecular flexibility index (Phi) is 7.59. The van der Waals surface area contributed by atoms with Crippen LogP contribution in [-0.2, 0) is 14.4 Å². The van der Waals surface area contributed by atoms with Gasteiger partial charge in [0.15, 0.2) is 0 Å². The molecule has 0 radical (unpaired) electrons. The summed E-state index contributed by atoms with van der Waals surface area (Å²) in [6.07, 6.45) is -0.0875. The molecule has 0 amide bonds. The molecule has 1 unspecified atom stereocenters. The van der Waals surface area contributed by atoms with Gasteiger partial charge in [-0.3, -0.25) is 9.63 Å². The molecule has 212 valence electrons. The van der Waals surface area contributed by atoms with E-state index < -0.39 is 29.5 Å². The van der Waals surface area contributed by atoms with Crippen LogP contribution >= 0.6 is 0 Å². The number of esters is 1. The maximum atomic E-state index is 13.4. The molecule has 1 saturated heterocycles. The number of rotatable bonds is 7. The van der Waals surface area contributed by atoms with E-state index in [2.05, 4.69) is 10.2 Å². The third kappa shape index (κ3) is 6.69. The van der Waals surface area contributed by atoms with Crippen LogP contribution in [0.2, 0.25) is 0 Å². The van der Waals surface area contributed by atoms with E-state index in [-0.39, 0.29) is 17.6 Å². The SMILES string of the molecule is CC(C)(C)OC(=O)C1CCC[C@@]2(C[C@@H](c3cc(OC(F)(F)F)ccc3OCC3CC3)NO2)[C@@H]1c1ccccc1. The van der Waals surface area contributed by atoms with Crippen LogP contribution in [0.15, 0.2) is 48.5 Å². The first-order chi connectivity index (χ1) is 18.4. The second-order valence-electron chi connectivity index (χ2n) is 12.0. The van der Waals surface area contributed by atoms with Gasteiger partial charge < -0.3 is 14.2 Å². The Bertz CT molecular complexity index is 1160. The average molecular weight is 548 g/mol. The van der Waals surface area contributed by atoms with Crippen LogP contribution in [0.1, 0.15) is 82.4 Å². The summed E-state index contributed by atoms with van der Waals surface area (Å²) in [5.74, 6) is -0.328. The van der Waals surface area contributed by atoms with Crippen molar-refractivity contribution in [3.8, 4) is 11.5 Å². The van der Waals surface area contributed by atoms with Crippen LogP contribution in [0.4, 0.5) is 13.2 Å². The van der Waals surface area contributed by atoms with E-state index in [0.717, 1.165) is 24.8 Å². The Morgan fingerprint density at radius 1 is 1.08 bits per heavy atom. The van der Waals surface area contributed by atoms with Gasteiger partial charge in [-0.15, -0.1) is 13.2 Å². The first-order valence-electron chi connectivity index (χ1n) is 13.7. The van der Waals surface area contributed by atoms with Gasteiger partial charge in [-0.25, -0.2) is 0 Å². The summed E-state index contributed by atoms with van der Waals surface area (Å²) in [4.78, 5) is 19.8. The zero-order valence-corrected chi connectivity index (χ0v) is 22.6. The number of carbonyl (C=O) groups excluding carboxylic acids is 1. The minimum absolute atomic E-state index is 0.267. The van der Waals surface area contributed by atoms with Gasteiger partial charge in [0.25, 0.3) is 0 Å². The van der Waals surface area contributed by atoms with Crippen molar-refractivity contribution in [2.45, 2.75) is 88.8 Å². The van der Waals surface area contributed by atoms with Crippen molar-refractivity contribution in [3.63, 3.8) is 0 Å². The van der Waals surface area contributed by atoms with Gasteiger partial charge in [0, 0.05) is 17.9 Å². The van der Waals surface area contributed by atoms with Crippen LogP contribution in [0.3, 0.4) is 0 Å². The highest BCUT2D eigenvalue weighted by Gasteiger charge is 2.55. The molecule has 3 fully saturated rings. The lowest BCUT2D eigenvalue weighted by Gasteiger charge is -2.44. The molecule has 1 N–H and O–H groups in total. The third-order valence-corrected chi connectivity index (χ3v) is 7.67. The maximum Gasteiger partial charge on any atom is 0.573 e. The van der Waals surface area contributed by atoms with Crippen LogP contribution in [0, 0.1) is 11.8 Å². The second kappa shape index (κ2) is 10.7. The summed E-state index contributed by atoms with van der Waals surface area (Å²) in [5.41, 5.74) is 3.22. The van der Waals surface area contributed by atoms with Gasteiger partial charge in [-0.05, 0) is 82.6 Å². The standard InChI is InChI=1S/C30H36F3NO5/c1-28(2,3)38-27(35)22-10-7-15-29(26(22)20-8-5-4-6-9-20)17-24(34-39-29)23-16-21(37-30(31,32)33)13-14-25(23)36-18-19-11-12-19/h4-6,8-9,13-14,16,19,22,24,26,34H,7,10-12,15,17-18H2,1-3H3/t22?,24-,26+,29+/m0/s1. The van der Waals surface area contributed by atoms with Crippen LogP contribution < -0.4 is 15.0 Å². The Morgan fingerprint density at radius 2 is 1.82 bits per heavy atom. The smallest absolute Gasteiger partial charge is 0.493 e. The number of carbonyl (C=O) groups is 1. The lowest BCUT2D eigenvalue weighted by atomic mass is 9.64. The molecule has 1 heterocycles. The Hall–Kier alpha value is -2.78. The number of ether oxygens (including phenoxy) is 3. The van der Waals surface area contributed by atoms with E-state index in [9.17, 15) is 18.0 Å². The molecular formula is C30H36F3NO5. The molecule has 0 aromatic heterocycles. The number of halogens is 3. The molecule has 3 aliphatic rings. The molecule has 2 saturated carbocycles. The molecule has 6 nitrogen and oxygen atoms in total. The summed E-state index contributed by atoms with van der Waals surface area (Å²) in [6, 6.07) is 13.5. The highest BCUT2D eigenvalue weighted by molar-refractivity contribution is 5.75. The average Bonchev–Trinajstić information content (AvgIpc) is 3.60. The first kappa shape index (κ1) is 27.8. The molecule has 5 rings (SSSR count). The summed E-state index contributed by atoms with van der Waals surface area (Å²) in [7, 11) is 0. The van der Waals surface area contributed by atoms with Gasteiger partial charge in [0.05, 0.1) is 24.2 Å². The molecule has 39 heavy (non-hydrogen) atoms. The normalized spacial score (nSPS) is 27.4. The number of hydrogen-bond acceptors (Lipinski definition) is 6. The van der Waals surface area contributed by atoms with Crippen LogP contribution in [-0.4, -0.2) is 30.1 Å². The highest BCUT2D eigenvalue weighted by atomic mass is 19.4. The molecule has 2 aliphatic carbocycles. The quantitative estimate of drug-likeness (QED) is 0.377. The molecular weight excluding hydrogens is 511 g/mol. The molecule has 1 aliphatic heterocycles. The van der Waals surface area contributed by atoms with Gasteiger partial charge in [-0.2, -0.15) is 5.48 Å². The van der Waals surface area contributed by atoms with Gasteiger partial charge in [0.1, 0.15) is 17.1 Å². The molecule has 1 spiro atoms. The largest absolute Gasteiger partial charge is 0.573 e. The van der Waals surface area contributed by atoms with Crippen molar-refractivity contribution >= 4 is 5.97 Å². The van der Waals surface area contributed by atoms with Crippen molar-refractivity contribution in [3.05, 3.63) is 59.7 Å². The molecule has 0 bridgehead atoms. The molecule has 2 aromatic rings. The van der Waals surface area contributed by atoms with E-state index in [1.54, 1.807) is 0 Å². The van der Waals surface area contributed by atoms with Gasteiger partial charge in [0.2, 0.25) is 0 Å². The van der Waals surface area contributed by atoms with Crippen molar-refractivity contribution in [1.82, 2.24) is 5.48 Å². The maximum absolute atomic E-state index is 13.4. The summed E-state index contributed by atoms with van der Waals surface area (Å²) < 4.78 is 55.2. The predicted molar refractivity (Wildman–Crippen MR) is 138 cm³/mol. The summed E-state index contributed by atoms with van der Waals surface area (Å²) in [5, 5.41) is 0. The van der Waals surface area contributed by atoms with E-state index in [0.29, 0.717) is 43.1 Å². The third-order valence-electron chi connectivity index (χ3n) is 7.67. The Morgan fingerprint density at radius 3 is 2.49 bits per heavy atom. The van der Waals surface area contributed by atoms with Crippen molar-refractivity contribution < 1.29 is 37.0 Å². The van der Waals surface area contributed by atoms with Crippen molar-refractivity contribution in [2.24, 2.45) is 11.8 Å². The van der Waals surface area contributed by atoms with Gasteiger partial charge >= 0.3 is 12.3 Å². The second-order valence-corrected chi connectivity index (χ2v) is 12.0. The van der Waals surface area contributed by atoms with Gasteiger partial charge in [-0.1, -0.05) is 30.3 Å². The van der Waals surface area contributed by atoms with Crippen LogP contribution in [0.25, 0.3) is 0 Å². The highest BCUT2D eigenvalue weighted by Crippen LogP contribution is 2.54. The fourth-order valence-corrected chi connectivity index (χ4v) is 5.89. The first-order valence-corrected chi connectivity index (χ1v) is 13.7. The van der Waals surface area contributed by atoms with E-state index in [1.807, 2.05) is 51.1 Å². The Labute approximate surface area is 227 Å². The zero-order valence-electron chi connectivity index (χ0n) is 22.6. The number of nitrogens with one attached hydrogen (secondary N) is 1. The number of hydrogen-bond donors (Lipinski definition) is 1. The zero-order chi connectivity index (χ0) is 27.8. The lowest BCUT2D eigenvalue weighted by molar-refractivity contribution is -0.274. The van der Waals surface area contributed by atoms with E-state index in [4.69, 9.17) is 14.3 Å². The lowest BCUT2D eigenvalue weighted by Crippen LogP contribution is -2.47. The van der Waals surface area contributed by atoms with E-state index >= 15 is 0 Å². The minimum Gasteiger partial charge on any atom is -0.493 e. The predicted octanol–water partition coefficient (Wildman–Crippen LogP) is 7.00. The molecule has 9 heteroatoms. The molecule has 2 aromatic carbocycles. The Balaban J connectivity index is 1.47. The van der Waals surface area contributed by atoms with E-state index in [1.165, 1.54) is 18.2 Å². The van der Waals surface area contributed by atoms with Crippen molar-refractivity contribution in [1.29, 1.82) is 0 Å². The number of alkyl halides is 3. The minimum atomic E-state index is -4.81. The number of hydroxylamine groups is 1. The number of benzene rings is 2. The van der Waals surface area contributed by atoms with Crippen molar-refractivity contribution in [2.75, 3.05) is 6.61 Å². The topological polar surface area (TPSA) is 66.0 Å². The fourth-order valence-electron chi connectivity index (χ4n) is 5.89.